The molecule has 0 radical (unpaired) electrons. The number of pyridine rings is 2. The number of hydrogen-bond donors (Lipinski definition) is 0. The van der Waals surface area contributed by atoms with Crippen molar-refractivity contribution < 1.29 is 0 Å². The third kappa shape index (κ3) is 2.84. The van der Waals surface area contributed by atoms with Gasteiger partial charge in [0.1, 0.15) is 0 Å². The van der Waals surface area contributed by atoms with E-state index in [9.17, 15) is 0 Å². The highest BCUT2D eigenvalue weighted by Gasteiger charge is 2.11. The van der Waals surface area contributed by atoms with E-state index in [-0.39, 0.29) is 0 Å². The molecule has 0 saturated heterocycles. The van der Waals surface area contributed by atoms with E-state index >= 15 is 0 Å². The summed E-state index contributed by atoms with van der Waals surface area (Å²) in [6, 6.07) is 18.9. The molecule has 5 aromatic rings. The van der Waals surface area contributed by atoms with E-state index in [2.05, 4.69) is 75.5 Å². The Kier molecular flexibility index (Phi) is 3.84. The molecule has 130 valence electrons. The third-order valence-electron chi connectivity index (χ3n) is 4.83. The molecule has 4 heteroatoms. The Morgan fingerprint density at radius 1 is 0.852 bits per heavy atom. The smallest absolute Gasteiger partial charge is 0.0893 e. The van der Waals surface area contributed by atoms with Crippen molar-refractivity contribution >= 4 is 45.3 Å². The highest BCUT2D eigenvalue weighted by Crippen LogP contribution is 2.31. The Morgan fingerprint density at radius 3 is 2.59 bits per heavy atom. The van der Waals surface area contributed by atoms with Crippen molar-refractivity contribution in [2.75, 3.05) is 0 Å². The van der Waals surface area contributed by atoms with Crippen LogP contribution in [0.5, 0.6) is 0 Å². The second-order valence-corrected chi connectivity index (χ2v) is 7.47. The summed E-state index contributed by atoms with van der Waals surface area (Å²) in [5.74, 6) is 0. The molecule has 0 saturated carbocycles. The van der Waals surface area contributed by atoms with Crippen LogP contribution >= 0.6 is 11.3 Å². The van der Waals surface area contributed by atoms with Crippen LogP contribution in [-0.4, -0.2) is 14.5 Å². The maximum Gasteiger partial charge on any atom is 0.0893 e. The van der Waals surface area contributed by atoms with Crippen LogP contribution in [0.3, 0.4) is 0 Å². The largest absolute Gasteiger partial charge is 0.342 e. The minimum Gasteiger partial charge on any atom is -0.342 e. The number of aromatic nitrogens is 3. The maximum atomic E-state index is 4.63. The average Bonchev–Trinajstić information content (AvgIpc) is 3.34. The van der Waals surface area contributed by atoms with Gasteiger partial charge >= 0.3 is 0 Å². The van der Waals surface area contributed by atoms with Crippen molar-refractivity contribution in [1.82, 2.24) is 14.5 Å². The summed E-state index contributed by atoms with van der Waals surface area (Å²) in [6.45, 7) is 0. The number of benzene rings is 1. The Labute approximate surface area is 161 Å². The Bertz CT molecular complexity index is 1270. The van der Waals surface area contributed by atoms with E-state index < -0.39 is 0 Å². The first-order chi connectivity index (χ1) is 13.3. The van der Waals surface area contributed by atoms with Crippen molar-refractivity contribution in [2.24, 2.45) is 7.05 Å². The Morgan fingerprint density at radius 2 is 1.78 bits per heavy atom. The summed E-state index contributed by atoms with van der Waals surface area (Å²) >= 11 is 1.75. The van der Waals surface area contributed by atoms with Gasteiger partial charge in [-0.05, 0) is 53.4 Å². The van der Waals surface area contributed by atoms with Gasteiger partial charge in [-0.15, -0.1) is 11.3 Å². The van der Waals surface area contributed by atoms with E-state index in [1.54, 1.807) is 17.5 Å². The molecular weight excluding hydrogens is 350 g/mol. The number of thiophene rings is 1. The molecule has 0 bridgehead atoms. The van der Waals surface area contributed by atoms with Crippen LogP contribution in [0.2, 0.25) is 0 Å². The molecule has 0 amide bonds. The highest BCUT2D eigenvalue weighted by molar-refractivity contribution is 7.10. The second-order valence-electron chi connectivity index (χ2n) is 6.49. The lowest BCUT2D eigenvalue weighted by Gasteiger charge is -2.01. The average molecular weight is 367 g/mol. The van der Waals surface area contributed by atoms with Gasteiger partial charge < -0.3 is 4.57 Å². The van der Waals surface area contributed by atoms with E-state index in [4.69, 9.17) is 0 Å². The van der Waals surface area contributed by atoms with Crippen molar-refractivity contribution in [1.29, 1.82) is 0 Å². The van der Waals surface area contributed by atoms with E-state index in [1.165, 1.54) is 26.7 Å². The second kappa shape index (κ2) is 6.49. The molecule has 1 aromatic carbocycles. The topological polar surface area (TPSA) is 30.7 Å². The number of nitrogens with zero attached hydrogens (tertiary/aromatic N) is 3. The fourth-order valence-electron chi connectivity index (χ4n) is 3.45. The van der Waals surface area contributed by atoms with Gasteiger partial charge in [0.2, 0.25) is 0 Å². The monoisotopic (exact) mass is 367 g/mol. The minimum absolute atomic E-state index is 0.894. The molecule has 0 atom stereocenters. The van der Waals surface area contributed by atoms with Crippen LogP contribution in [0.25, 0.3) is 45.3 Å². The van der Waals surface area contributed by atoms with Crippen LogP contribution in [0.15, 0.2) is 72.4 Å². The zero-order valence-corrected chi connectivity index (χ0v) is 15.6. The van der Waals surface area contributed by atoms with Gasteiger partial charge in [0.25, 0.3) is 0 Å². The van der Waals surface area contributed by atoms with E-state index in [0.717, 1.165) is 16.9 Å². The minimum atomic E-state index is 0.894. The summed E-state index contributed by atoms with van der Waals surface area (Å²) in [5, 5.41) is 4.54. The van der Waals surface area contributed by atoms with Crippen LogP contribution in [0, 0.1) is 0 Å². The summed E-state index contributed by atoms with van der Waals surface area (Å²) < 4.78 is 2.20. The van der Waals surface area contributed by atoms with Crippen molar-refractivity contribution in [3.05, 3.63) is 82.8 Å². The molecule has 0 aliphatic heterocycles. The third-order valence-corrected chi connectivity index (χ3v) is 5.66. The van der Waals surface area contributed by atoms with Gasteiger partial charge in [0.15, 0.2) is 0 Å². The molecule has 4 aromatic heterocycles. The zero-order chi connectivity index (χ0) is 18.2. The summed E-state index contributed by atoms with van der Waals surface area (Å²) in [5.41, 5.74) is 5.32. The normalized spacial score (nSPS) is 11.7. The first kappa shape index (κ1) is 16.0. The predicted octanol–water partition coefficient (Wildman–Crippen LogP) is 6.02. The Hall–Kier alpha value is -3.24. The van der Waals surface area contributed by atoms with Crippen LogP contribution < -0.4 is 0 Å². The molecule has 0 spiro atoms. The fraction of sp³-hybridized carbons (Fsp3) is 0.0435. The van der Waals surface area contributed by atoms with Crippen LogP contribution in [-0.2, 0) is 7.05 Å². The molecule has 0 aliphatic carbocycles. The first-order valence-electron chi connectivity index (χ1n) is 8.81. The van der Waals surface area contributed by atoms with Gasteiger partial charge in [-0.3, -0.25) is 9.97 Å². The molecule has 27 heavy (non-hydrogen) atoms. The molecule has 0 aliphatic rings. The van der Waals surface area contributed by atoms with E-state index in [1.807, 2.05) is 24.4 Å². The van der Waals surface area contributed by atoms with Crippen molar-refractivity contribution in [2.45, 2.75) is 0 Å². The summed E-state index contributed by atoms with van der Waals surface area (Å²) in [4.78, 5) is 10.3. The predicted molar refractivity (Wildman–Crippen MR) is 115 cm³/mol. The fourth-order valence-corrected chi connectivity index (χ4v) is 4.06. The van der Waals surface area contributed by atoms with Crippen molar-refractivity contribution in [3.8, 4) is 11.4 Å². The quantitative estimate of drug-likeness (QED) is 0.390. The molecule has 0 fully saturated rings. The van der Waals surface area contributed by atoms with Gasteiger partial charge in [-0.1, -0.05) is 24.3 Å². The lowest BCUT2D eigenvalue weighted by molar-refractivity contribution is 1.01. The first-order valence-corrected chi connectivity index (χ1v) is 9.69. The summed E-state index contributed by atoms with van der Waals surface area (Å²) in [7, 11) is 2.09. The lowest BCUT2D eigenvalue weighted by atomic mass is 10.1. The number of rotatable bonds is 3. The van der Waals surface area contributed by atoms with Crippen LogP contribution in [0.4, 0.5) is 0 Å². The SMILES string of the molecule is Cn1c2ccc(/C=C/c3cccs3)cc2c2cc(-c3ccccn3)ncc21. The van der Waals surface area contributed by atoms with Gasteiger partial charge in [0.05, 0.1) is 23.1 Å². The number of aryl methyl sites for hydroxylation is 1. The molecule has 0 unspecified atom stereocenters. The molecule has 4 heterocycles. The van der Waals surface area contributed by atoms with Crippen molar-refractivity contribution in [3.63, 3.8) is 0 Å². The number of fused-ring (bicyclic) bond motifs is 3. The number of hydrogen-bond acceptors (Lipinski definition) is 3. The Balaban J connectivity index is 1.67. The molecule has 5 rings (SSSR count). The molecule has 3 nitrogen and oxygen atoms in total. The molecule has 0 N–H and O–H groups in total. The standard InChI is InChI=1S/C23H17N3S/c1-26-22-10-8-16(7-9-17-5-4-12-27-17)13-18(22)19-14-21(25-15-23(19)26)20-6-2-3-11-24-20/h2-15H,1H3/b9-7+. The zero-order valence-electron chi connectivity index (χ0n) is 14.8. The summed E-state index contributed by atoms with van der Waals surface area (Å²) in [6.07, 6.45) is 8.08. The highest BCUT2D eigenvalue weighted by atomic mass is 32.1. The lowest BCUT2D eigenvalue weighted by Crippen LogP contribution is -1.89. The van der Waals surface area contributed by atoms with E-state index in [0.29, 0.717) is 0 Å². The van der Waals surface area contributed by atoms with Gasteiger partial charge in [-0.2, -0.15) is 0 Å². The van der Waals surface area contributed by atoms with Gasteiger partial charge in [-0.25, -0.2) is 0 Å². The van der Waals surface area contributed by atoms with Crippen LogP contribution in [0.1, 0.15) is 10.4 Å². The van der Waals surface area contributed by atoms with Gasteiger partial charge in [0, 0.05) is 34.4 Å². The molecular formula is C23H17N3S. The maximum absolute atomic E-state index is 4.63.